The van der Waals surface area contributed by atoms with Crippen molar-refractivity contribution in [1.82, 2.24) is 4.98 Å². The van der Waals surface area contributed by atoms with Crippen LogP contribution in [-0.4, -0.2) is 11.3 Å². The van der Waals surface area contributed by atoms with Crippen LogP contribution in [0.2, 0.25) is 0 Å². The maximum absolute atomic E-state index is 10.9. The number of rotatable bonds is 2. The SMILES string of the molecule is O=Cc1ccc(-c2cc(Br)cc3c2[nH]c2ccc(Br)cc23)cc1. The first kappa shape index (κ1) is 14.7. The van der Waals surface area contributed by atoms with E-state index in [1.54, 1.807) is 0 Å². The molecule has 1 N–H and O–H groups in total. The normalized spacial score (nSPS) is 11.2. The zero-order chi connectivity index (χ0) is 16.0. The van der Waals surface area contributed by atoms with Crippen LogP contribution in [0, 0.1) is 0 Å². The smallest absolute Gasteiger partial charge is 0.150 e. The van der Waals surface area contributed by atoms with Crippen LogP contribution >= 0.6 is 31.9 Å². The Hall–Kier alpha value is -1.91. The molecule has 112 valence electrons. The zero-order valence-corrected chi connectivity index (χ0v) is 15.1. The molecule has 0 atom stereocenters. The first-order chi connectivity index (χ1) is 11.2. The summed E-state index contributed by atoms with van der Waals surface area (Å²) in [5.41, 5.74) is 5.07. The summed E-state index contributed by atoms with van der Waals surface area (Å²) in [7, 11) is 0. The number of fused-ring (bicyclic) bond motifs is 3. The van der Waals surface area contributed by atoms with Crippen LogP contribution in [0.4, 0.5) is 0 Å². The molecule has 0 radical (unpaired) electrons. The van der Waals surface area contributed by atoms with Crippen LogP contribution in [0.15, 0.2) is 63.5 Å². The van der Waals surface area contributed by atoms with E-state index in [9.17, 15) is 4.79 Å². The minimum Gasteiger partial charge on any atom is -0.354 e. The molecule has 0 spiro atoms. The maximum atomic E-state index is 10.9. The first-order valence-electron chi connectivity index (χ1n) is 7.12. The minimum absolute atomic E-state index is 0.681. The van der Waals surface area contributed by atoms with Gasteiger partial charge in [-0.3, -0.25) is 4.79 Å². The minimum atomic E-state index is 0.681. The number of benzene rings is 3. The third-order valence-corrected chi connectivity index (χ3v) is 4.94. The van der Waals surface area contributed by atoms with Gasteiger partial charge in [-0.2, -0.15) is 0 Å². The number of nitrogens with one attached hydrogen (secondary N) is 1. The largest absolute Gasteiger partial charge is 0.354 e. The molecule has 0 saturated carbocycles. The van der Waals surface area contributed by atoms with Crippen molar-refractivity contribution in [2.45, 2.75) is 0 Å². The molecule has 0 amide bonds. The van der Waals surface area contributed by atoms with Gasteiger partial charge in [-0.1, -0.05) is 56.1 Å². The molecule has 0 unspecified atom stereocenters. The van der Waals surface area contributed by atoms with E-state index in [-0.39, 0.29) is 0 Å². The van der Waals surface area contributed by atoms with Gasteiger partial charge in [0.25, 0.3) is 0 Å². The number of halogens is 2. The van der Waals surface area contributed by atoms with Gasteiger partial charge in [-0.25, -0.2) is 0 Å². The standard InChI is InChI=1S/C19H11Br2NO/c20-13-5-6-18-16(7-13)17-9-14(21)8-15(19(17)22-18)12-3-1-11(10-23)2-4-12/h1-10,22H. The summed E-state index contributed by atoms with van der Waals surface area (Å²) in [5, 5.41) is 2.35. The van der Waals surface area contributed by atoms with Gasteiger partial charge in [0, 0.05) is 36.4 Å². The Morgan fingerprint density at radius 1 is 0.826 bits per heavy atom. The van der Waals surface area contributed by atoms with E-state index in [2.05, 4.69) is 61.1 Å². The predicted molar refractivity (Wildman–Crippen MR) is 102 cm³/mol. The lowest BCUT2D eigenvalue weighted by molar-refractivity contribution is 0.112. The van der Waals surface area contributed by atoms with Crippen LogP contribution in [-0.2, 0) is 0 Å². The van der Waals surface area contributed by atoms with Crippen LogP contribution < -0.4 is 0 Å². The molecule has 2 nitrogen and oxygen atoms in total. The number of H-pyrrole nitrogens is 1. The summed E-state index contributed by atoms with van der Waals surface area (Å²) in [5.74, 6) is 0. The van der Waals surface area contributed by atoms with E-state index in [1.807, 2.05) is 30.3 Å². The molecule has 3 aromatic carbocycles. The highest BCUT2D eigenvalue weighted by Crippen LogP contribution is 2.36. The van der Waals surface area contributed by atoms with E-state index in [0.717, 1.165) is 37.4 Å². The quantitative estimate of drug-likeness (QED) is 0.372. The third kappa shape index (κ3) is 2.52. The highest BCUT2D eigenvalue weighted by atomic mass is 79.9. The van der Waals surface area contributed by atoms with Crippen molar-refractivity contribution in [2.75, 3.05) is 0 Å². The van der Waals surface area contributed by atoms with Crippen LogP contribution in [0.25, 0.3) is 32.9 Å². The third-order valence-electron chi connectivity index (χ3n) is 3.99. The molecule has 23 heavy (non-hydrogen) atoms. The molecule has 4 heteroatoms. The molecule has 1 aromatic heterocycles. The molecule has 4 aromatic rings. The van der Waals surface area contributed by atoms with Gasteiger partial charge < -0.3 is 4.98 Å². The maximum Gasteiger partial charge on any atom is 0.150 e. The van der Waals surface area contributed by atoms with Crippen LogP contribution in [0.3, 0.4) is 0 Å². The first-order valence-corrected chi connectivity index (χ1v) is 8.70. The molecule has 0 bridgehead atoms. The van der Waals surface area contributed by atoms with Crippen LogP contribution in [0.1, 0.15) is 10.4 Å². The molecule has 0 fully saturated rings. The number of hydrogen-bond acceptors (Lipinski definition) is 1. The van der Waals surface area contributed by atoms with Gasteiger partial charge >= 0.3 is 0 Å². The van der Waals surface area contributed by atoms with E-state index in [0.29, 0.717) is 5.56 Å². The fourth-order valence-electron chi connectivity index (χ4n) is 2.91. The van der Waals surface area contributed by atoms with Crippen molar-refractivity contribution in [1.29, 1.82) is 0 Å². The number of aromatic nitrogens is 1. The molecule has 0 saturated heterocycles. The summed E-state index contributed by atoms with van der Waals surface area (Å²) >= 11 is 7.16. The van der Waals surface area contributed by atoms with E-state index < -0.39 is 0 Å². The number of carbonyl (C=O) groups excluding carboxylic acids is 1. The number of carbonyl (C=O) groups is 1. The lowest BCUT2D eigenvalue weighted by Crippen LogP contribution is -1.84. The van der Waals surface area contributed by atoms with Gasteiger partial charge in [-0.05, 0) is 35.9 Å². The van der Waals surface area contributed by atoms with E-state index in [4.69, 9.17) is 0 Å². The van der Waals surface area contributed by atoms with Gasteiger partial charge in [-0.15, -0.1) is 0 Å². The molecule has 0 aliphatic carbocycles. The van der Waals surface area contributed by atoms with Gasteiger partial charge in [0.1, 0.15) is 6.29 Å². The Morgan fingerprint density at radius 2 is 1.57 bits per heavy atom. The predicted octanol–water partition coefficient (Wildman–Crippen LogP) is 6.33. The summed E-state index contributed by atoms with van der Waals surface area (Å²) in [6, 6.07) is 18.1. The number of aldehydes is 1. The Kier molecular flexibility index (Phi) is 3.58. The summed E-state index contributed by atoms with van der Waals surface area (Å²) in [4.78, 5) is 14.4. The summed E-state index contributed by atoms with van der Waals surface area (Å²) in [6.45, 7) is 0. The van der Waals surface area contributed by atoms with Gasteiger partial charge in [0.05, 0.1) is 5.52 Å². The highest BCUT2D eigenvalue weighted by molar-refractivity contribution is 9.10. The Labute approximate surface area is 149 Å². The van der Waals surface area contributed by atoms with E-state index in [1.165, 1.54) is 10.8 Å². The average molecular weight is 429 g/mol. The van der Waals surface area contributed by atoms with Crippen LogP contribution in [0.5, 0.6) is 0 Å². The fourth-order valence-corrected chi connectivity index (χ4v) is 3.72. The monoisotopic (exact) mass is 427 g/mol. The number of hydrogen-bond donors (Lipinski definition) is 1. The molecular weight excluding hydrogens is 418 g/mol. The zero-order valence-electron chi connectivity index (χ0n) is 11.9. The van der Waals surface area contributed by atoms with Crippen molar-refractivity contribution in [2.24, 2.45) is 0 Å². The second-order valence-corrected chi connectivity index (χ2v) is 7.26. The van der Waals surface area contributed by atoms with Crippen molar-refractivity contribution in [3.8, 4) is 11.1 Å². The molecule has 4 rings (SSSR count). The fraction of sp³-hybridized carbons (Fsp3) is 0. The van der Waals surface area contributed by atoms with Gasteiger partial charge in [0.2, 0.25) is 0 Å². The number of aromatic amines is 1. The lowest BCUT2D eigenvalue weighted by Gasteiger charge is -2.05. The van der Waals surface area contributed by atoms with Gasteiger partial charge in [0.15, 0.2) is 0 Å². The molecule has 1 heterocycles. The Morgan fingerprint density at radius 3 is 2.30 bits per heavy atom. The highest BCUT2D eigenvalue weighted by Gasteiger charge is 2.11. The topological polar surface area (TPSA) is 32.9 Å². The average Bonchev–Trinajstić information content (AvgIpc) is 2.92. The molecule has 0 aliphatic rings. The molecule has 0 aliphatic heterocycles. The van der Waals surface area contributed by atoms with Crippen molar-refractivity contribution in [3.63, 3.8) is 0 Å². The van der Waals surface area contributed by atoms with Crippen molar-refractivity contribution >= 4 is 60.0 Å². The van der Waals surface area contributed by atoms with Crippen molar-refractivity contribution in [3.05, 3.63) is 69.1 Å². The Bertz CT molecular complexity index is 1050. The lowest BCUT2D eigenvalue weighted by atomic mass is 10.0. The summed E-state index contributed by atoms with van der Waals surface area (Å²) in [6.07, 6.45) is 0.862. The summed E-state index contributed by atoms with van der Waals surface area (Å²) < 4.78 is 2.09. The second-order valence-electron chi connectivity index (χ2n) is 5.43. The Balaban J connectivity index is 2.05. The molecular formula is C19H11Br2NO. The van der Waals surface area contributed by atoms with Crippen molar-refractivity contribution < 1.29 is 4.79 Å². The van der Waals surface area contributed by atoms with E-state index >= 15 is 0 Å². The second kappa shape index (κ2) is 5.62.